The van der Waals surface area contributed by atoms with Crippen LogP contribution in [0.4, 0.5) is 18.9 Å². The number of thiazole rings is 1. The van der Waals surface area contributed by atoms with Crippen molar-refractivity contribution >= 4 is 17.0 Å². The SMILES string of the molecule is CO[C@@H](C)c1nc(CNc2cc(F)c(F)cc2F)cs1. The molecule has 0 saturated heterocycles. The van der Waals surface area contributed by atoms with Crippen LogP contribution in [-0.4, -0.2) is 12.1 Å². The monoisotopic (exact) mass is 302 g/mol. The minimum absolute atomic E-state index is 0.0989. The summed E-state index contributed by atoms with van der Waals surface area (Å²) in [6.07, 6.45) is -0.117. The first-order valence-electron chi connectivity index (χ1n) is 5.86. The summed E-state index contributed by atoms with van der Waals surface area (Å²) in [6, 6.07) is 1.30. The molecule has 0 aliphatic carbocycles. The van der Waals surface area contributed by atoms with Crippen molar-refractivity contribution in [3.8, 4) is 0 Å². The molecule has 108 valence electrons. The maximum absolute atomic E-state index is 13.4. The second-order valence-corrected chi connectivity index (χ2v) is 5.04. The number of benzene rings is 1. The van der Waals surface area contributed by atoms with Crippen molar-refractivity contribution in [1.29, 1.82) is 0 Å². The normalized spacial score (nSPS) is 12.4. The minimum Gasteiger partial charge on any atom is -0.377 e. The van der Waals surface area contributed by atoms with Crippen LogP contribution in [0.5, 0.6) is 0 Å². The average Bonchev–Trinajstić information content (AvgIpc) is 2.89. The molecular weight excluding hydrogens is 289 g/mol. The van der Waals surface area contributed by atoms with E-state index in [9.17, 15) is 13.2 Å². The van der Waals surface area contributed by atoms with E-state index in [2.05, 4.69) is 10.3 Å². The fraction of sp³-hybridized carbons (Fsp3) is 0.308. The Morgan fingerprint density at radius 2 is 1.95 bits per heavy atom. The van der Waals surface area contributed by atoms with Crippen LogP contribution >= 0.6 is 11.3 Å². The van der Waals surface area contributed by atoms with Gasteiger partial charge in [0.1, 0.15) is 16.9 Å². The van der Waals surface area contributed by atoms with Crippen molar-refractivity contribution in [2.75, 3.05) is 12.4 Å². The number of hydrogen-bond acceptors (Lipinski definition) is 4. The summed E-state index contributed by atoms with van der Waals surface area (Å²) in [6.45, 7) is 2.08. The number of halogens is 3. The molecule has 1 aromatic heterocycles. The Bertz CT molecular complexity index is 603. The van der Waals surface area contributed by atoms with E-state index in [1.165, 1.54) is 11.3 Å². The van der Waals surface area contributed by atoms with Crippen molar-refractivity contribution in [1.82, 2.24) is 4.98 Å². The molecule has 3 nitrogen and oxygen atoms in total. The van der Waals surface area contributed by atoms with Crippen LogP contribution < -0.4 is 5.32 Å². The van der Waals surface area contributed by atoms with Gasteiger partial charge in [0, 0.05) is 24.6 Å². The van der Waals surface area contributed by atoms with Gasteiger partial charge in [0.05, 0.1) is 17.9 Å². The Morgan fingerprint density at radius 3 is 2.65 bits per heavy atom. The van der Waals surface area contributed by atoms with E-state index in [0.29, 0.717) is 11.8 Å². The lowest BCUT2D eigenvalue weighted by molar-refractivity contribution is 0.119. The molecule has 0 unspecified atom stereocenters. The lowest BCUT2D eigenvalue weighted by Crippen LogP contribution is -2.04. The molecular formula is C13H13F3N2OS. The number of rotatable bonds is 5. The number of ether oxygens (including phenoxy) is 1. The zero-order valence-corrected chi connectivity index (χ0v) is 11.7. The quantitative estimate of drug-likeness (QED) is 0.851. The lowest BCUT2D eigenvalue weighted by Gasteiger charge is -2.07. The molecule has 0 aliphatic heterocycles. The molecule has 0 spiro atoms. The van der Waals surface area contributed by atoms with Gasteiger partial charge in [-0.05, 0) is 6.92 Å². The van der Waals surface area contributed by atoms with Gasteiger partial charge in [-0.25, -0.2) is 18.2 Å². The smallest absolute Gasteiger partial charge is 0.161 e. The third-order valence-corrected chi connectivity index (χ3v) is 3.80. The lowest BCUT2D eigenvalue weighted by atomic mass is 10.2. The van der Waals surface area contributed by atoms with Gasteiger partial charge in [0.25, 0.3) is 0 Å². The molecule has 2 aromatic rings. The van der Waals surface area contributed by atoms with Gasteiger partial charge in [0.2, 0.25) is 0 Å². The summed E-state index contributed by atoms with van der Waals surface area (Å²) < 4.78 is 44.4. The fourth-order valence-electron chi connectivity index (χ4n) is 1.54. The second kappa shape index (κ2) is 6.23. The standard InChI is InChI=1S/C13H13F3N2OS/c1-7(19-2)13-18-8(6-20-13)5-17-12-4-10(15)9(14)3-11(12)16/h3-4,6-7,17H,5H2,1-2H3/t7-/m0/s1. The van der Waals surface area contributed by atoms with Crippen LogP contribution in [0.25, 0.3) is 0 Å². The van der Waals surface area contributed by atoms with Crippen molar-refractivity contribution in [3.63, 3.8) is 0 Å². The number of nitrogens with one attached hydrogen (secondary N) is 1. The molecule has 1 heterocycles. The van der Waals surface area contributed by atoms with E-state index < -0.39 is 17.5 Å². The van der Waals surface area contributed by atoms with Crippen LogP contribution in [0.2, 0.25) is 0 Å². The molecule has 20 heavy (non-hydrogen) atoms. The summed E-state index contributed by atoms with van der Waals surface area (Å²) in [5.41, 5.74) is 0.580. The Hall–Kier alpha value is -1.60. The molecule has 0 aliphatic rings. The first-order chi connectivity index (χ1) is 9.51. The molecule has 0 fully saturated rings. The molecule has 1 atom stereocenters. The molecule has 1 N–H and O–H groups in total. The average molecular weight is 302 g/mol. The molecule has 1 aromatic carbocycles. The molecule has 7 heteroatoms. The first-order valence-corrected chi connectivity index (χ1v) is 6.74. The van der Waals surface area contributed by atoms with Gasteiger partial charge < -0.3 is 10.1 Å². The zero-order valence-electron chi connectivity index (χ0n) is 10.9. The summed E-state index contributed by atoms with van der Waals surface area (Å²) >= 11 is 1.42. The molecule has 2 rings (SSSR count). The third-order valence-electron chi connectivity index (χ3n) is 2.74. The predicted octanol–water partition coefficient (Wildman–Crippen LogP) is 3.88. The first kappa shape index (κ1) is 14.8. The van der Waals surface area contributed by atoms with Gasteiger partial charge in [0.15, 0.2) is 11.6 Å². The van der Waals surface area contributed by atoms with Crippen LogP contribution in [0, 0.1) is 17.5 Å². The highest BCUT2D eigenvalue weighted by atomic mass is 32.1. The molecule has 0 amide bonds. The highest BCUT2D eigenvalue weighted by Gasteiger charge is 2.12. The van der Waals surface area contributed by atoms with Gasteiger partial charge >= 0.3 is 0 Å². The van der Waals surface area contributed by atoms with Crippen LogP contribution in [-0.2, 0) is 11.3 Å². The van der Waals surface area contributed by atoms with Crippen molar-refractivity contribution in [2.45, 2.75) is 19.6 Å². The number of hydrogen-bond donors (Lipinski definition) is 1. The maximum atomic E-state index is 13.4. The summed E-state index contributed by atoms with van der Waals surface area (Å²) in [7, 11) is 1.58. The van der Waals surface area contributed by atoms with Gasteiger partial charge in [-0.15, -0.1) is 11.3 Å². The van der Waals surface area contributed by atoms with Gasteiger partial charge in [-0.1, -0.05) is 0 Å². The highest BCUT2D eigenvalue weighted by molar-refractivity contribution is 7.09. The van der Waals surface area contributed by atoms with Gasteiger partial charge in [-0.3, -0.25) is 0 Å². The van der Waals surface area contributed by atoms with Crippen LogP contribution in [0.1, 0.15) is 23.7 Å². The van der Waals surface area contributed by atoms with Crippen LogP contribution in [0.15, 0.2) is 17.5 Å². The number of aromatic nitrogens is 1. The molecule has 0 saturated carbocycles. The van der Waals surface area contributed by atoms with Crippen molar-refractivity contribution in [2.24, 2.45) is 0 Å². The second-order valence-electron chi connectivity index (χ2n) is 4.15. The highest BCUT2D eigenvalue weighted by Crippen LogP contribution is 2.22. The Kier molecular flexibility index (Phi) is 4.61. The van der Waals surface area contributed by atoms with E-state index in [1.54, 1.807) is 12.5 Å². The van der Waals surface area contributed by atoms with Crippen molar-refractivity contribution < 1.29 is 17.9 Å². The number of nitrogens with zero attached hydrogens (tertiary/aromatic N) is 1. The predicted molar refractivity (Wildman–Crippen MR) is 71.2 cm³/mol. The van der Waals surface area contributed by atoms with E-state index >= 15 is 0 Å². The van der Waals surface area contributed by atoms with Crippen molar-refractivity contribution in [3.05, 3.63) is 45.7 Å². The van der Waals surface area contributed by atoms with E-state index in [4.69, 9.17) is 4.74 Å². The summed E-state index contributed by atoms with van der Waals surface area (Å²) in [5, 5.41) is 5.29. The Morgan fingerprint density at radius 1 is 1.25 bits per heavy atom. The van der Waals surface area contributed by atoms with Gasteiger partial charge in [-0.2, -0.15) is 0 Å². The van der Waals surface area contributed by atoms with E-state index in [1.807, 2.05) is 6.92 Å². The maximum Gasteiger partial charge on any atom is 0.161 e. The molecule has 0 radical (unpaired) electrons. The van der Waals surface area contributed by atoms with Crippen LogP contribution in [0.3, 0.4) is 0 Å². The Labute approximate surface area is 118 Å². The Balaban J connectivity index is 2.05. The summed E-state index contributed by atoms with van der Waals surface area (Å²) in [5.74, 6) is -3.15. The molecule has 0 bridgehead atoms. The van der Waals surface area contributed by atoms with E-state index in [-0.39, 0.29) is 18.3 Å². The fourth-order valence-corrected chi connectivity index (χ4v) is 2.39. The zero-order chi connectivity index (χ0) is 14.7. The largest absolute Gasteiger partial charge is 0.377 e. The number of methoxy groups -OCH3 is 1. The minimum atomic E-state index is -1.21. The number of anilines is 1. The third kappa shape index (κ3) is 3.29. The van der Waals surface area contributed by atoms with E-state index in [0.717, 1.165) is 11.1 Å². The summed E-state index contributed by atoms with van der Waals surface area (Å²) in [4.78, 5) is 4.31. The topological polar surface area (TPSA) is 34.1 Å².